The molecular formula is C41H45F4N19O17P4S4. The Bertz CT molecular complexity index is 4040. The molecule has 14 heterocycles. The number of nitrogens with zero attached hydrogens (tertiary/aromatic N) is 15. The van der Waals surface area contributed by atoms with Gasteiger partial charge in [0.1, 0.15) is 90.2 Å². The molecule has 4 unspecified atom stereocenters. The van der Waals surface area contributed by atoms with Crippen LogP contribution in [0.3, 0.4) is 0 Å². The number of imidazole rings is 4. The smallest absolute Gasteiger partial charge is 0.386 e. The first-order valence-electron chi connectivity index (χ1n) is 25.8. The molecule has 7 aliphatic heterocycles. The Morgan fingerprint density at radius 2 is 0.820 bits per heavy atom. The monoisotopic (exact) mass is 1400 g/mol. The number of ketones is 1. The molecule has 0 amide bonds. The molecule has 89 heavy (non-hydrogen) atoms. The summed E-state index contributed by atoms with van der Waals surface area (Å²) in [7, 11) is 0. The van der Waals surface area contributed by atoms with Crippen molar-refractivity contribution in [1.82, 2.24) is 68.1 Å². The van der Waals surface area contributed by atoms with Crippen molar-refractivity contribution in [2.45, 2.75) is 105 Å². The standard InChI is InChI=1S/C21H23F2N9O9P2S2.C20H22F2N10O8P2S2/c22-11-15-8(38-20(11)31-6-29-14-17(25)26-4-27-18(14)31)2-36-43(35,45)41-16-9(3-37-42(34,44)40-15)39-21(12(16)23)32-5-28-13-7(33)1-10(24)30-19(13)32;21-9-13-7(37-19(9)31-5-29-11-15(23)25-3-27-17(11)31)1-35-41(33,43)40-14-8(2-36-42(34,44)39-13)38-20(10(14)22)32-6-30-12-16(24)26-4-28-18(12)32/h4-6,8-9,11-12,15-16,20-21H,1-3H2,(H2,24,30)(H,34,44)(H,35,45)(H2,25,26,27);3-10,13-14,19-20H,1-2H2,(H,33,43)(H,34,44)(H2,23,25,27)(H2,24,26,28)/t8-,9-,11-,12-,15-,16-,20-,21-,42?,43?;7-,8-,9-,10-,13-,14-,19-,20-,41?,42?/m11/s1. The molecular weight excluding hydrogens is 1360 g/mol. The van der Waals surface area contributed by atoms with E-state index in [2.05, 4.69) is 67.1 Å². The number of fused-ring (bicyclic) bond motifs is 8. The number of rotatable bonds is 4. The third-order valence-corrected chi connectivity index (χ3v) is 20.9. The molecule has 7 aliphatic rings. The predicted octanol–water partition coefficient (Wildman–Crippen LogP) is 1.98. The zero-order valence-corrected chi connectivity index (χ0v) is 51.3. The fourth-order valence-electron chi connectivity index (χ4n) is 10.6. The number of nitrogens with two attached hydrogens (primary N) is 4. The number of hydrogen-bond donors (Lipinski definition) is 8. The van der Waals surface area contributed by atoms with Crippen LogP contribution in [-0.4, -0.2) is 194 Å². The van der Waals surface area contributed by atoms with Gasteiger partial charge in [-0.2, -0.15) is 0 Å². The van der Waals surface area contributed by atoms with E-state index in [0.717, 1.165) is 29.9 Å². The van der Waals surface area contributed by atoms with Gasteiger partial charge < -0.3 is 70.1 Å². The van der Waals surface area contributed by atoms with Crippen LogP contribution in [0.15, 0.2) is 49.3 Å². The molecule has 48 heteroatoms. The summed E-state index contributed by atoms with van der Waals surface area (Å²) in [5.41, 5.74) is 24.2. The summed E-state index contributed by atoms with van der Waals surface area (Å²) in [5.74, 6) is -0.313. The minimum absolute atomic E-state index is 0.00842. The third kappa shape index (κ3) is 12.0. The van der Waals surface area contributed by atoms with Crippen LogP contribution >= 0.6 is 39.2 Å². The van der Waals surface area contributed by atoms with Crippen molar-refractivity contribution >= 4 is 143 Å². The second kappa shape index (κ2) is 23.9. The quantitative estimate of drug-likeness (QED) is 0.0709. The number of thiol groups is 1. The van der Waals surface area contributed by atoms with Gasteiger partial charge in [-0.05, 0) is 35.4 Å². The lowest BCUT2D eigenvalue weighted by atomic mass is 10.1. The van der Waals surface area contributed by atoms with Crippen molar-refractivity contribution in [3.8, 4) is 0 Å². The van der Waals surface area contributed by atoms with Crippen molar-refractivity contribution in [2.75, 3.05) is 43.6 Å². The summed E-state index contributed by atoms with van der Waals surface area (Å²) < 4.78 is 149. The molecule has 36 nitrogen and oxygen atoms in total. The number of carbonyl (C=O) groups excluding carboxylic acids is 1. The lowest BCUT2D eigenvalue weighted by Crippen LogP contribution is -2.37. The molecule has 0 spiro atoms. The summed E-state index contributed by atoms with van der Waals surface area (Å²) >= 11 is 19.4. The zero-order chi connectivity index (χ0) is 62.8. The van der Waals surface area contributed by atoms with Gasteiger partial charge in [-0.15, -0.1) is 0 Å². The minimum atomic E-state index is -4.38. The van der Waals surface area contributed by atoms with Crippen LogP contribution in [0.25, 0.3) is 33.5 Å². The number of halogens is 4. The van der Waals surface area contributed by atoms with E-state index in [4.69, 9.17) is 113 Å². The van der Waals surface area contributed by atoms with E-state index < -0.39 is 158 Å². The van der Waals surface area contributed by atoms with E-state index in [1.54, 1.807) is 0 Å². The molecule has 0 bridgehead atoms. The Morgan fingerprint density at radius 3 is 1.19 bits per heavy atom. The summed E-state index contributed by atoms with van der Waals surface area (Å²) in [4.78, 5) is 89.3. The van der Waals surface area contributed by atoms with Gasteiger partial charge in [0.2, 0.25) is 0 Å². The number of amidine groups is 1. The number of carbonyl (C=O) groups is 1. The molecule has 7 aromatic rings. The van der Waals surface area contributed by atoms with E-state index in [-0.39, 0.29) is 74.7 Å². The zero-order valence-electron chi connectivity index (χ0n) is 44.4. The van der Waals surface area contributed by atoms with Crippen LogP contribution < -0.4 is 22.9 Å². The number of anilines is 3. The molecule has 20 atom stereocenters. The van der Waals surface area contributed by atoms with E-state index >= 15 is 17.6 Å². The summed E-state index contributed by atoms with van der Waals surface area (Å²) in [6.07, 6.45) is -17.5. The number of aromatic nitrogens is 14. The van der Waals surface area contributed by atoms with Crippen LogP contribution in [0.4, 0.5) is 40.8 Å². The van der Waals surface area contributed by atoms with Crippen molar-refractivity contribution in [2.24, 2.45) is 10.7 Å². The predicted molar refractivity (Wildman–Crippen MR) is 306 cm³/mol. The van der Waals surface area contributed by atoms with Crippen LogP contribution in [0.1, 0.15) is 41.8 Å². The number of Topliss-reactive ketones (excluding diaryl/α,β-unsaturated/α-hetero) is 1. The van der Waals surface area contributed by atoms with E-state index in [9.17, 15) is 24.0 Å². The van der Waals surface area contributed by atoms with Crippen molar-refractivity contribution < 1.29 is 96.7 Å². The largest absolute Gasteiger partial charge is 0.387 e. The average Bonchev–Trinajstić information content (AvgIpc) is 1.65. The highest BCUT2D eigenvalue weighted by Crippen LogP contribution is 2.60. The summed E-state index contributed by atoms with van der Waals surface area (Å²) in [6.45, 7) is -19.7. The van der Waals surface area contributed by atoms with Gasteiger partial charge in [0.05, 0.1) is 58.2 Å². The molecule has 6 saturated heterocycles. The van der Waals surface area contributed by atoms with Gasteiger partial charge in [0.25, 0.3) is 0 Å². The number of aliphatic imine (C=N–C) groups is 1. The molecule has 7 aromatic heterocycles. The average molecular weight is 1400 g/mol. The first-order chi connectivity index (χ1) is 42.2. The maximum absolute atomic E-state index is 16.0. The van der Waals surface area contributed by atoms with Gasteiger partial charge >= 0.3 is 27.0 Å². The lowest BCUT2D eigenvalue weighted by Gasteiger charge is -2.29. The summed E-state index contributed by atoms with van der Waals surface area (Å²) in [5, 5.41) is 0. The first-order valence-corrected chi connectivity index (χ1v) is 36.2. The Balaban J connectivity index is 0.000000164. The molecule has 6 fully saturated rings. The van der Waals surface area contributed by atoms with E-state index in [1.807, 2.05) is 0 Å². The maximum Gasteiger partial charge on any atom is 0.386 e. The number of ether oxygens (including phenoxy) is 4. The Labute approximate surface area is 514 Å². The van der Waals surface area contributed by atoms with E-state index in [1.165, 1.54) is 32.7 Å². The topological polar surface area (TPSA) is 471 Å². The molecule has 0 saturated carbocycles. The van der Waals surface area contributed by atoms with Gasteiger partial charge in [-0.1, -0.05) is 12.2 Å². The van der Waals surface area contributed by atoms with Gasteiger partial charge in [0.15, 0.2) is 101 Å². The van der Waals surface area contributed by atoms with Crippen LogP contribution in [0.2, 0.25) is 0 Å². The van der Waals surface area contributed by atoms with Crippen molar-refractivity contribution in [3.05, 3.63) is 50.0 Å². The summed E-state index contributed by atoms with van der Waals surface area (Å²) in [6, 6.07) is 0. The van der Waals surface area contributed by atoms with Crippen LogP contribution in [-0.2, 0) is 95.1 Å². The van der Waals surface area contributed by atoms with Gasteiger partial charge in [-0.25, -0.2) is 77.0 Å². The first kappa shape index (κ1) is 62.8. The third-order valence-electron chi connectivity index (χ3n) is 14.6. The SMILES string of the molecule is NC1=Nc2c(ncn2[C@@H]2O[C@@H]3COP(O)(=S)O[C@H]4[C@@H](F)[C@H](n5cnc6c(N)ncnc65)O[C@@H]4COP(O)(=S)O[C@H]3[C@H]2F)C(=O)C1.Nc1ncnc2c1ncn2[C@@H]1O[C@@H]2COP(O)(=S)O[C@H]3[C@@H](F)[C@H](n4cnc5c(N)ncnc54)O[C@@H]3COP(=O)(S)O[C@H]2[C@H]1F. The van der Waals surface area contributed by atoms with Crippen molar-refractivity contribution in [3.63, 3.8) is 0 Å². The van der Waals surface area contributed by atoms with Gasteiger partial charge in [-0.3, -0.25) is 45.7 Å². The Hall–Kier alpha value is -4.95. The Morgan fingerprint density at radius 1 is 0.494 bits per heavy atom. The van der Waals surface area contributed by atoms with Gasteiger partial charge in [0, 0.05) is 0 Å². The normalized spacial score (nSPS) is 38.7. The molecule has 0 aliphatic carbocycles. The number of hydrogen-bond acceptors (Lipinski definition) is 32. The number of alkyl halides is 4. The Kier molecular flexibility index (Phi) is 16.9. The lowest BCUT2D eigenvalue weighted by molar-refractivity contribution is -0.0586. The second-order valence-corrected chi connectivity index (χ2v) is 31.4. The second-order valence-electron chi connectivity index (χ2n) is 20.2. The maximum atomic E-state index is 16.0. The molecule has 0 radical (unpaired) electrons. The minimum Gasteiger partial charge on any atom is -0.387 e. The highest BCUT2D eigenvalue weighted by atomic mass is 32.7. The van der Waals surface area contributed by atoms with Crippen LogP contribution in [0.5, 0.6) is 0 Å². The highest BCUT2D eigenvalue weighted by molar-refractivity contribution is 8.44. The molecule has 0 aromatic carbocycles. The van der Waals surface area contributed by atoms with E-state index in [0.29, 0.717) is 0 Å². The van der Waals surface area contributed by atoms with Crippen LogP contribution in [0, 0.1) is 0 Å². The number of nitrogen functional groups attached to an aromatic ring is 3. The molecule has 11 N–H and O–H groups in total. The fourth-order valence-corrected chi connectivity index (χ4v) is 16.4. The molecule has 478 valence electrons. The molecule has 14 rings (SSSR count). The highest BCUT2D eigenvalue weighted by Gasteiger charge is 2.57. The fraction of sp³-hybridized carbons (Fsp3) is 0.512. The van der Waals surface area contributed by atoms with Crippen molar-refractivity contribution in [1.29, 1.82) is 0 Å².